The minimum atomic E-state index is 0. The lowest BCUT2D eigenvalue weighted by atomic mass is 10.2. The lowest BCUT2D eigenvalue weighted by Gasteiger charge is -2.06. The maximum absolute atomic E-state index is 11.9. The number of halogens is 1. The van der Waals surface area contributed by atoms with Crippen LogP contribution in [0, 0.1) is 0 Å². The maximum atomic E-state index is 11.9. The molecule has 1 aromatic heterocycles. The van der Waals surface area contributed by atoms with Crippen LogP contribution in [0.1, 0.15) is 24.8 Å². The lowest BCUT2D eigenvalue weighted by molar-refractivity contribution is -0.697. The zero-order valence-corrected chi connectivity index (χ0v) is 15.0. The molecule has 0 aliphatic carbocycles. The highest BCUT2D eigenvalue weighted by Crippen LogP contribution is 2.32. The Hall–Kier alpha value is -2.08. The summed E-state index contributed by atoms with van der Waals surface area (Å²) in [7, 11) is 0. The molecule has 3 rings (SSSR count). The minimum Gasteiger partial charge on any atom is -1.00 e. The molecule has 1 aliphatic heterocycles. The van der Waals surface area contributed by atoms with E-state index in [1.165, 1.54) is 0 Å². The van der Waals surface area contributed by atoms with Crippen LogP contribution in [0.5, 0.6) is 11.5 Å². The summed E-state index contributed by atoms with van der Waals surface area (Å²) in [4.78, 5) is 11.9. The number of fused-ring (bicyclic) bond motifs is 1. The van der Waals surface area contributed by atoms with E-state index in [0.717, 1.165) is 36.4 Å². The Morgan fingerprint density at radius 1 is 1.08 bits per heavy atom. The number of pyridine rings is 1. The summed E-state index contributed by atoms with van der Waals surface area (Å²) in [6.07, 6.45) is 6.51. The average Bonchev–Trinajstić information content (AvgIpc) is 3.05. The molecule has 2 aromatic rings. The molecule has 5 nitrogen and oxygen atoms in total. The van der Waals surface area contributed by atoms with Gasteiger partial charge in [0.15, 0.2) is 23.9 Å². The van der Waals surface area contributed by atoms with Crippen molar-refractivity contribution >= 4 is 5.91 Å². The van der Waals surface area contributed by atoms with Crippen LogP contribution in [-0.2, 0) is 17.9 Å². The average molecular weight is 393 g/mol. The van der Waals surface area contributed by atoms with Gasteiger partial charge in [-0.3, -0.25) is 4.79 Å². The molecule has 0 spiro atoms. The van der Waals surface area contributed by atoms with Gasteiger partial charge in [-0.1, -0.05) is 12.1 Å². The van der Waals surface area contributed by atoms with Crippen LogP contribution in [0.3, 0.4) is 0 Å². The first-order valence-electron chi connectivity index (χ1n) is 7.90. The monoisotopic (exact) mass is 392 g/mol. The predicted molar refractivity (Wildman–Crippen MR) is 84.9 cm³/mol. The van der Waals surface area contributed by atoms with E-state index < -0.39 is 0 Å². The number of carbonyl (C=O) groups excluding carboxylic acids is 1. The number of nitrogens with zero attached hydrogens (tertiary/aromatic N) is 1. The Morgan fingerprint density at radius 3 is 2.71 bits per heavy atom. The van der Waals surface area contributed by atoms with Crippen LogP contribution >= 0.6 is 0 Å². The Bertz CT molecular complexity index is 665. The van der Waals surface area contributed by atoms with Crippen molar-refractivity contribution in [3.8, 4) is 11.5 Å². The number of unbranched alkanes of at least 4 members (excludes halogenated alkanes) is 1. The largest absolute Gasteiger partial charge is 1.00 e. The third kappa shape index (κ3) is 5.23. The smallest absolute Gasteiger partial charge is 0.231 e. The van der Waals surface area contributed by atoms with Gasteiger partial charge >= 0.3 is 0 Å². The van der Waals surface area contributed by atoms with Crippen LogP contribution in [-0.4, -0.2) is 12.7 Å². The predicted octanol–water partition coefficient (Wildman–Crippen LogP) is -0.806. The fourth-order valence-corrected chi connectivity index (χ4v) is 2.50. The van der Waals surface area contributed by atoms with Crippen LogP contribution in [0.15, 0.2) is 48.8 Å². The van der Waals surface area contributed by atoms with Gasteiger partial charge in [-0.15, -0.1) is 0 Å². The number of nitrogens with one attached hydrogen (secondary N) is 1. The van der Waals surface area contributed by atoms with Crippen molar-refractivity contribution in [2.75, 3.05) is 6.79 Å². The minimum absolute atomic E-state index is 0. The van der Waals surface area contributed by atoms with E-state index in [-0.39, 0.29) is 29.7 Å². The van der Waals surface area contributed by atoms with E-state index in [9.17, 15) is 4.79 Å². The molecule has 1 amide bonds. The van der Waals surface area contributed by atoms with Crippen LogP contribution < -0.4 is 36.3 Å². The van der Waals surface area contributed by atoms with Gasteiger partial charge < -0.3 is 31.8 Å². The second kappa shape index (κ2) is 9.27. The third-order valence-corrected chi connectivity index (χ3v) is 3.77. The summed E-state index contributed by atoms with van der Waals surface area (Å²) in [6.45, 7) is 1.73. The van der Waals surface area contributed by atoms with Gasteiger partial charge in [0.1, 0.15) is 6.54 Å². The number of hydrogen-bond acceptors (Lipinski definition) is 3. The molecule has 0 atom stereocenters. The van der Waals surface area contributed by atoms with E-state index in [2.05, 4.69) is 9.88 Å². The van der Waals surface area contributed by atoms with Crippen molar-refractivity contribution in [3.63, 3.8) is 0 Å². The Labute approximate surface area is 152 Å². The fourth-order valence-electron chi connectivity index (χ4n) is 2.50. The van der Waals surface area contributed by atoms with E-state index in [4.69, 9.17) is 9.47 Å². The topological polar surface area (TPSA) is 51.4 Å². The van der Waals surface area contributed by atoms with Gasteiger partial charge in [0, 0.05) is 31.5 Å². The summed E-state index contributed by atoms with van der Waals surface area (Å²) < 4.78 is 12.7. The summed E-state index contributed by atoms with van der Waals surface area (Å²) in [5.74, 6) is 1.59. The molecule has 0 saturated heterocycles. The fraction of sp³-hybridized carbons (Fsp3) is 0.333. The molecule has 1 aliphatic rings. The van der Waals surface area contributed by atoms with E-state index in [1.54, 1.807) is 0 Å². The molecule has 0 unspecified atom stereocenters. The third-order valence-electron chi connectivity index (χ3n) is 3.77. The Morgan fingerprint density at radius 2 is 1.88 bits per heavy atom. The second-order valence-corrected chi connectivity index (χ2v) is 5.53. The van der Waals surface area contributed by atoms with Crippen LogP contribution in [0.4, 0.5) is 0 Å². The quantitative estimate of drug-likeness (QED) is 0.495. The molecule has 0 fully saturated rings. The van der Waals surface area contributed by atoms with Crippen molar-refractivity contribution in [1.82, 2.24) is 5.32 Å². The van der Waals surface area contributed by atoms with E-state index >= 15 is 0 Å². The normalized spacial score (nSPS) is 11.7. The lowest BCUT2D eigenvalue weighted by Crippen LogP contribution is -3.00. The number of aryl methyl sites for hydroxylation is 1. The van der Waals surface area contributed by atoms with Crippen molar-refractivity contribution in [2.24, 2.45) is 0 Å². The van der Waals surface area contributed by atoms with Crippen molar-refractivity contribution in [3.05, 3.63) is 54.4 Å². The van der Waals surface area contributed by atoms with Crippen molar-refractivity contribution in [2.45, 2.75) is 32.4 Å². The first-order valence-corrected chi connectivity index (χ1v) is 7.90. The molecule has 128 valence electrons. The zero-order valence-electron chi connectivity index (χ0n) is 13.4. The van der Waals surface area contributed by atoms with Gasteiger partial charge in [-0.25, -0.2) is 4.57 Å². The molecule has 1 N–H and O–H groups in total. The van der Waals surface area contributed by atoms with Gasteiger partial charge in [-0.2, -0.15) is 0 Å². The Kier molecular flexibility index (Phi) is 7.06. The second-order valence-electron chi connectivity index (χ2n) is 5.53. The number of rotatable bonds is 7. The molecular formula is C18H21BrN2O3. The van der Waals surface area contributed by atoms with Gasteiger partial charge in [0.05, 0.1) is 0 Å². The van der Waals surface area contributed by atoms with Crippen LogP contribution in [0.2, 0.25) is 0 Å². The maximum Gasteiger partial charge on any atom is 0.231 e. The molecule has 6 heteroatoms. The summed E-state index contributed by atoms with van der Waals surface area (Å²) in [5, 5.41) is 2.95. The summed E-state index contributed by atoms with van der Waals surface area (Å²) >= 11 is 0. The number of amides is 1. The van der Waals surface area contributed by atoms with Crippen LogP contribution in [0.25, 0.3) is 0 Å². The van der Waals surface area contributed by atoms with Crippen molar-refractivity contribution in [1.29, 1.82) is 0 Å². The molecule has 0 radical (unpaired) electrons. The number of aromatic nitrogens is 1. The summed E-state index contributed by atoms with van der Waals surface area (Å²) in [5.41, 5.74) is 1.02. The highest BCUT2D eigenvalue weighted by atomic mass is 79.9. The molecule has 0 saturated carbocycles. The number of benzene rings is 1. The van der Waals surface area contributed by atoms with Crippen molar-refractivity contribution < 1.29 is 35.8 Å². The molecule has 24 heavy (non-hydrogen) atoms. The standard InChI is InChI=1S/C18H20N2O3.BrH/c21-18(6-2-5-11-20-9-3-1-4-10-20)19-13-15-7-8-16-17(12-15)23-14-22-16;/h1,3-4,7-10,12H,2,5-6,11,13-14H2;1H. The SMILES string of the molecule is O=C(CCCC[n+]1ccccc1)NCc1ccc2c(c1)OCO2.[Br-]. The number of hydrogen-bond donors (Lipinski definition) is 1. The first kappa shape index (κ1) is 18.3. The molecule has 2 heterocycles. The first-order chi connectivity index (χ1) is 11.3. The zero-order chi connectivity index (χ0) is 15.9. The number of carbonyl (C=O) groups is 1. The van der Waals surface area contributed by atoms with Gasteiger partial charge in [0.2, 0.25) is 12.7 Å². The van der Waals surface area contributed by atoms with Gasteiger partial charge in [0.25, 0.3) is 0 Å². The summed E-state index contributed by atoms with van der Waals surface area (Å²) in [6, 6.07) is 11.8. The number of ether oxygens (including phenoxy) is 2. The molecular weight excluding hydrogens is 372 g/mol. The van der Waals surface area contributed by atoms with E-state index in [1.807, 2.05) is 48.8 Å². The Balaban J connectivity index is 0.00000208. The van der Waals surface area contributed by atoms with E-state index in [0.29, 0.717) is 13.0 Å². The molecule has 0 bridgehead atoms. The van der Waals surface area contributed by atoms with Gasteiger partial charge in [-0.05, 0) is 24.1 Å². The highest BCUT2D eigenvalue weighted by molar-refractivity contribution is 5.75. The highest BCUT2D eigenvalue weighted by Gasteiger charge is 2.13. The molecule has 1 aromatic carbocycles.